The van der Waals surface area contributed by atoms with Crippen LogP contribution >= 0.6 is 15.9 Å². The Hall–Kier alpha value is -2.34. The lowest BCUT2D eigenvalue weighted by molar-refractivity contribution is -0.138. The highest BCUT2D eigenvalue weighted by molar-refractivity contribution is 9.10. The van der Waals surface area contributed by atoms with Crippen molar-refractivity contribution in [3.05, 3.63) is 50.8 Å². The number of hydrogen-bond donors (Lipinski definition) is 1. The second kappa shape index (κ2) is 8.30. The van der Waals surface area contributed by atoms with Crippen LogP contribution in [0.1, 0.15) is 47.3 Å². The Balaban J connectivity index is 1.84. The minimum absolute atomic E-state index is 0.271. The van der Waals surface area contributed by atoms with Gasteiger partial charge in [-0.3, -0.25) is 9.36 Å². The van der Waals surface area contributed by atoms with Gasteiger partial charge in [0.15, 0.2) is 0 Å². The van der Waals surface area contributed by atoms with Gasteiger partial charge in [0.25, 0.3) is 0 Å². The maximum atomic E-state index is 11.1. The predicted octanol–water partition coefficient (Wildman–Crippen LogP) is 6.02. The van der Waals surface area contributed by atoms with Gasteiger partial charge in [0.05, 0.1) is 5.69 Å². The van der Waals surface area contributed by atoms with Crippen molar-refractivity contribution >= 4 is 38.6 Å². The molecule has 4 rings (SSSR count). The van der Waals surface area contributed by atoms with Crippen molar-refractivity contribution in [2.75, 3.05) is 18.0 Å². The lowest BCUT2D eigenvalue weighted by Crippen LogP contribution is -2.34. The first-order chi connectivity index (χ1) is 14.7. The molecular formula is C25H30BrN3O2. The molecule has 2 aromatic heterocycles. The number of benzene rings is 1. The van der Waals surface area contributed by atoms with Crippen molar-refractivity contribution in [1.82, 2.24) is 9.55 Å². The summed E-state index contributed by atoms with van der Waals surface area (Å²) in [6, 6.07) is 6.51. The Kier molecular flexibility index (Phi) is 5.86. The highest BCUT2D eigenvalue weighted by Crippen LogP contribution is 2.38. The SMILES string of the molecule is Cc1cc(N2CCC(CC(=O)O)CC2)c2c(C)c(C)n(-c3c(C)cc(Br)cc3C)c2n1. The van der Waals surface area contributed by atoms with E-state index in [1.165, 1.54) is 39.1 Å². The number of pyridine rings is 1. The number of carboxylic acids is 1. The number of hydrogen-bond acceptors (Lipinski definition) is 3. The van der Waals surface area contributed by atoms with E-state index in [1.807, 2.05) is 0 Å². The summed E-state index contributed by atoms with van der Waals surface area (Å²) in [5.74, 6) is -0.419. The van der Waals surface area contributed by atoms with Crippen LogP contribution in [0.3, 0.4) is 0 Å². The van der Waals surface area contributed by atoms with E-state index in [4.69, 9.17) is 10.1 Å². The smallest absolute Gasteiger partial charge is 0.303 e. The van der Waals surface area contributed by atoms with Gasteiger partial charge in [-0.25, -0.2) is 4.98 Å². The van der Waals surface area contributed by atoms with Crippen molar-refractivity contribution in [2.45, 2.75) is 53.9 Å². The van der Waals surface area contributed by atoms with Gasteiger partial charge in [0, 0.05) is 46.4 Å². The summed E-state index contributed by atoms with van der Waals surface area (Å²) in [5.41, 5.74) is 9.33. The van der Waals surface area contributed by atoms with E-state index >= 15 is 0 Å². The molecule has 31 heavy (non-hydrogen) atoms. The number of halogens is 1. The molecule has 0 radical (unpaired) electrons. The van der Waals surface area contributed by atoms with Crippen LogP contribution in [-0.2, 0) is 4.79 Å². The molecule has 0 atom stereocenters. The third kappa shape index (κ3) is 3.98. The number of aryl methyl sites for hydroxylation is 4. The van der Waals surface area contributed by atoms with Gasteiger partial charge in [0.2, 0.25) is 0 Å². The Morgan fingerprint density at radius 1 is 1.10 bits per heavy atom. The van der Waals surface area contributed by atoms with E-state index < -0.39 is 5.97 Å². The molecule has 6 heteroatoms. The quantitative estimate of drug-likeness (QED) is 0.492. The molecule has 1 aliphatic heterocycles. The van der Waals surface area contributed by atoms with E-state index in [0.29, 0.717) is 0 Å². The molecule has 1 N–H and O–H groups in total. The van der Waals surface area contributed by atoms with Gasteiger partial charge in [-0.05, 0) is 88.3 Å². The zero-order valence-electron chi connectivity index (χ0n) is 18.9. The van der Waals surface area contributed by atoms with Gasteiger partial charge in [-0.2, -0.15) is 0 Å². The largest absolute Gasteiger partial charge is 0.481 e. The van der Waals surface area contributed by atoms with Crippen molar-refractivity contribution in [3.63, 3.8) is 0 Å². The van der Waals surface area contributed by atoms with Gasteiger partial charge in [-0.1, -0.05) is 15.9 Å². The van der Waals surface area contributed by atoms with Gasteiger partial charge in [0.1, 0.15) is 5.65 Å². The average molecular weight is 484 g/mol. The van der Waals surface area contributed by atoms with Crippen molar-refractivity contribution in [3.8, 4) is 5.69 Å². The third-order valence-corrected chi connectivity index (χ3v) is 7.13. The van der Waals surface area contributed by atoms with Crippen LogP contribution in [-0.4, -0.2) is 33.7 Å². The lowest BCUT2D eigenvalue weighted by Gasteiger charge is -2.33. The number of aromatic nitrogens is 2. The summed E-state index contributed by atoms with van der Waals surface area (Å²) in [5, 5.41) is 10.3. The van der Waals surface area contributed by atoms with E-state index in [2.05, 4.69) is 78.2 Å². The van der Waals surface area contributed by atoms with Crippen LogP contribution in [0.2, 0.25) is 0 Å². The molecule has 0 aliphatic carbocycles. The standard InChI is InChI=1S/C25H30BrN3O2/c1-14-10-20(26)11-15(2)24(14)29-18(5)17(4)23-21(12-16(3)27-25(23)29)28-8-6-19(7-9-28)13-22(30)31/h10-12,19H,6-9,13H2,1-5H3,(H,30,31). The topological polar surface area (TPSA) is 58.4 Å². The normalized spacial score (nSPS) is 15.1. The first kappa shape index (κ1) is 21.9. The molecule has 1 aromatic carbocycles. The molecule has 0 saturated carbocycles. The molecule has 1 aliphatic rings. The first-order valence-electron chi connectivity index (χ1n) is 10.9. The Morgan fingerprint density at radius 2 is 1.71 bits per heavy atom. The van der Waals surface area contributed by atoms with Crippen LogP contribution in [0.5, 0.6) is 0 Å². The number of piperidine rings is 1. The molecule has 0 amide bonds. The van der Waals surface area contributed by atoms with Crippen LogP contribution in [0, 0.1) is 40.5 Å². The fourth-order valence-electron chi connectivity index (χ4n) is 5.07. The maximum Gasteiger partial charge on any atom is 0.303 e. The number of nitrogens with zero attached hydrogens (tertiary/aromatic N) is 3. The summed E-state index contributed by atoms with van der Waals surface area (Å²) >= 11 is 3.62. The summed E-state index contributed by atoms with van der Waals surface area (Å²) in [4.78, 5) is 18.5. The highest BCUT2D eigenvalue weighted by Gasteiger charge is 2.26. The number of fused-ring (bicyclic) bond motifs is 1. The number of anilines is 1. The Labute approximate surface area is 192 Å². The summed E-state index contributed by atoms with van der Waals surface area (Å²) < 4.78 is 3.40. The van der Waals surface area contributed by atoms with Crippen LogP contribution in [0.4, 0.5) is 5.69 Å². The number of rotatable bonds is 4. The van der Waals surface area contributed by atoms with Crippen LogP contribution in [0.25, 0.3) is 16.7 Å². The number of aliphatic carboxylic acids is 1. The van der Waals surface area contributed by atoms with Gasteiger partial charge < -0.3 is 10.0 Å². The molecule has 0 bridgehead atoms. The highest BCUT2D eigenvalue weighted by atomic mass is 79.9. The fourth-order valence-corrected chi connectivity index (χ4v) is 5.76. The van der Waals surface area contributed by atoms with E-state index in [1.54, 1.807) is 0 Å². The van der Waals surface area contributed by atoms with E-state index in [-0.39, 0.29) is 12.3 Å². The Morgan fingerprint density at radius 3 is 2.29 bits per heavy atom. The zero-order chi connectivity index (χ0) is 22.4. The van der Waals surface area contributed by atoms with Gasteiger partial charge in [-0.15, -0.1) is 0 Å². The molecular weight excluding hydrogens is 454 g/mol. The minimum atomic E-state index is -0.690. The summed E-state index contributed by atoms with van der Waals surface area (Å²) in [6.07, 6.45) is 2.10. The van der Waals surface area contributed by atoms with Crippen LogP contribution in [0.15, 0.2) is 22.7 Å². The molecule has 3 aromatic rings. The van der Waals surface area contributed by atoms with Crippen molar-refractivity contribution < 1.29 is 9.90 Å². The zero-order valence-corrected chi connectivity index (χ0v) is 20.5. The molecule has 3 heterocycles. The molecule has 0 spiro atoms. The first-order valence-corrected chi connectivity index (χ1v) is 11.7. The Bertz CT molecular complexity index is 1150. The maximum absolute atomic E-state index is 11.1. The molecule has 5 nitrogen and oxygen atoms in total. The average Bonchev–Trinajstić information content (AvgIpc) is 2.92. The molecule has 0 unspecified atom stereocenters. The molecule has 164 valence electrons. The summed E-state index contributed by atoms with van der Waals surface area (Å²) in [7, 11) is 0. The van der Waals surface area contributed by atoms with E-state index in [0.717, 1.165) is 41.7 Å². The number of carbonyl (C=O) groups is 1. The second-order valence-corrected chi connectivity index (χ2v) is 9.86. The molecule has 1 fully saturated rings. The van der Waals surface area contributed by atoms with Crippen LogP contribution < -0.4 is 4.90 Å². The minimum Gasteiger partial charge on any atom is -0.481 e. The van der Waals surface area contributed by atoms with Gasteiger partial charge >= 0.3 is 5.97 Å². The fraction of sp³-hybridized carbons (Fsp3) is 0.440. The van der Waals surface area contributed by atoms with Crippen molar-refractivity contribution in [1.29, 1.82) is 0 Å². The second-order valence-electron chi connectivity index (χ2n) is 8.94. The molecule has 1 saturated heterocycles. The number of carboxylic acid groups (broad SMARTS) is 1. The lowest BCUT2D eigenvalue weighted by atomic mass is 9.93. The van der Waals surface area contributed by atoms with Crippen molar-refractivity contribution in [2.24, 2.45) is 5.92 Å². The predicted molar refractivity (Wildman–Crippen MR) is 130 cm³/mol. The van der Waals surface area contributed by atoms with E-state index in [9.17, 15) is 4.79 Å². The third-order valence-electron chi connectivity index (χ3n) is 6.67. The summed E-state index contributed by atoms with van der Waals surface area (Å²) in [6.45, 7) is 12.5. The monoisotopic (exact) mass is 483 g/mol.